The molecule has 0 spiro atoms. The van der Waals surface area contributed by atoms with Crippen molar-refractivity contribution in [2.45, 2.75) is 25.7 Å². The van der Waals surface area contributed by atoms with Crippen LogP contribution in [0.3, 0.4) is 0 Å². The first kappa shape index (κ1) is 13.2. The Labute approximate surface area is 118 Å². The van der Waals surface area contributed by atoms with Crippen LogP contribution >= 0.6 is 0 Å². The minimum absolute atomic E-state index is 0.248. The van der Waals surface area contributed by atoms with Crippen molar-refractivity contribution in [1.29, 1.82) is 0 Å². The Balaban J connectivity index is 1.99. The Morgan fingerprint density at radius 2 is 2.20 bits per heavy atom. The molecule has 0 amide bonds. The number of benzene rings is 1. The molecule has 1 fully saturated rings. The Morgan fingerprint density at radius 3 is 2.95 bits per heavy atom. The molecule has 1 saturated heterocycles. The lowest BCUT2D eigenvalue weighted by molar-refractivity contribution is 0.244. The molecule has 0 bridgehead atoms. The summed E-state index contributed by atoms with van der Waals surface area (Å²) in [5.74, 6) is 1.79. The lowest BCUT2D eigenvalue weighted by atomic mass is 9.97. The van der Waals surface area contributed by atoms with E-state index in [-0.39, 0.29) is 5.82 Å². The number of hydrogen-bond acceptors (Lipinski definition) is 3. The highest BCUT2D eigenvalue weighted by Gasteiger charge is 2.24. The first-order chi connectivity index (χ1) is 9.63. The lowest BCUT2D eigenvalue weighted by Crippen LogP contribution is -2.32. The van der Waals surface area contributed by atoms with Crippen LogP contribution < -0.4 is 0 Å². The van der Waals surface area contributed by atoms with Gasteiger partial charge in [0.2, 0.25) is 0 Å². The fourth-order valence-electron chi connectivity index (χ4n) is 2.87. The number of piperidine rings is 1. The smallest absolute Gasteiger partial charge is 0.148 e. The summed E-state index contributed by atoms with van der Waals surface area (Å²) in [6.07, 6.45) is 2.27. The number of hydrogen-bond donors (Lipinski definition) is 0. The number of nitrogens with zero attached hydrogens (tertiary/aromatic N) is 4. The minimum atomic E-state index is -0.248. The molecule has 4 nitrogen and oxygen atoms in total. The van der Waals surface area contributed by atoms with Crippen molar-refractivity contribution in [3.05, 3.63) is 41.7 Å². The van der Waals surface area contributed by atoms with Gasteiger partial charge in [-0.15, -0.1) is 0 Å². The fraction of sp³-hybridized carbons (Fsp3) is 0.467. The van der Waals surface area contributed by atoms with Crippen LogP contribution in [0.2, 0.25) is 0 Å². The van der Waals surface area contributed by atoms with E-state index in [9.17, 15) is 4.39 Å². The SMILES string of the molecule is Cc1nc([C@H]2CCCN(C)C2)n(-c2cccc(F)c2)n1. The van der Waals surface area contributed by atoms with Crippen molar-refractivity contribution in [3.8, 4) is 5.69 Å². The van der Waals surface area contributed by atoms with Gasteiger partial charge < -0.3 is 4.90 Å². The molecule has 2 heterocycles. The van der Waals surface area contributed by atoms with Gasteiger partial charge in [-0.2, -0.15) is 5.10 Å². The predicted molar refractivity (Wildman–Crippen MR) is 75.5 cm³/mol. The number of halogens is 1. The molecular weight excluding hydrogens is 255 g/mol. The summed E-state index contributed by atoms with van der Waals surface area (Å²) >= 11 is 0. The predicted octanol–water partition coefficient (Wildman–Crippen LogP) is 2.52. The second kappa shape index (κ2) is 5.32. The zero-order chi connectivity index (χ0) is 14.1. The third-order valence-electron chi connectivity index (χ3n) is 3.78. The van der Waals surface area contributed by atoms with Crippen molar-refractivity contribution in [1.82, 2.24) is 19.7 Å². The van der Waals surface area contributed by atoms with Crippen LogP contribution in [0.15, 0.2) is 24.3 Å². The summed E-state index contributed by atoms with van der Waals surface area (Å²) in [6, 6.07) is 6.53. The van der Waals surface area contributed by atoms with Crippen LogP contribution in [0.4, 0.5) is 4.39 Å². The fourth-order valence-corrected chi connectivity index (χ4v) is 2.87. The van der Waals surface area contributed by atoms with Crippen LogP contribution in [-0.2, 0) is 0 Å². The summed E-state index contributed by atoms with van der Waals surface area (Å²) in [5.41, 5.74) is 0.744. The van der Waals surface area contributed by atoms with Gasteiger partial charge in [0.05, 0.1) is 5.69 Å². The van der Waals surface area contributed by atoms with Crippen LogP contribution in [0, 0.1) is 12.7 Å². The minimum Gasteiger partial charge on any atom is -0.306 e. The van der Waals surface area contributed by atoms with E-state index in [1.165, 1.54) is 12.1 Å². The molecule has 0 N–H and O–H groups in total. The van der Waals surface area contributed by atoms with Gasteiger partial charge in [-0.3, -0.25) is 0 Å². The molecule has 20 heavy (non-hydrogen) atoms. The van der Waals surface area contributed by atoms with Crippen LogP contribution in [0.1, 0.15) is 30.4 Å². The largest absolute Gasteiger partial charge is 0.306 e. The van der Waals surface area contributed by atoms with Gasteiger partial charge in [-0.25, -0.2) is 14.1 Å². The monoisotopic (exact) mass is 274 g/mol. The maximum absolute atomic E-state index is 13.4. The van der Waals surface area contributed by atoms with E-state index in [0.717, 1.165) is 43.3 Å². The number of aryl methyl sites for hydroxylation is 1. The van der Waals surface area contributed by atoms with Crippen LogP contribution in [0.5, 0.6) is 0 Å². The van der Waals surface area contributed by atoms with Gasteiger partial charge >= 0.3 is 0 Å². The van der Waals surface area contributed by atoms with E-state index in [0.29, 0.717) is 5.92 Å². The summed E-state index contributed by atoms with van der Waals surface area (Å²) in [5, 5.41) is 4.44. The summed E-state index contributed by atoms with van der Waals surface area (Å²) < 4.78 is 15.2. The van der Waals surface area contributed by atoms with E-state index < -0.39 is 0 Å². The highest BCUT2D eigenvalue weighted by atomic mass is 19.1. The summed E-state index contributed by atoms with van der Waals surface area (Å²) in [4.78, 5) is 6.89. The topological polar surface area (TPSA) is 34.0 Å². The Kier molecular flexibility index (Phi) is 3.53. The molecule has 5 heteroatoms. The van der Waals surface area contributed by atoms with Crippen molar-refractivity contribution in [3.63, 3.8) is 0 Å². The number of likely N-dealkylation sites (N-methyl/N-ethyl adjacent to an activating group) is 1. The van der Waals surface area contributed by atoms with Crippen LogP contribution in [0.25, 0.3) is 5.69 Å². The van der Waals surface area contributed by atoms with Crippen molar-refractivity contribution >= 4 is 0 Å². The molecular formula is C15H19FN4. The molecule has 0 unspecified atom stereocenters. The number of likely N-dealkylation sites (tertiary alicyclic amines) is 1. The average molecular weight is 274 g/mol. The van der Waals surface area contributed by atoms with E-state index in [1.54, 1.807) is 10.7 Å². The Morgan fingerprint density at radius 1 is 1.35 bits per heavy atom. The first-order valence-electron chi connectivity index (χ1n) is 7.01. The molecule has 3 rings (SSSR count). The average Bonchev–Trinajstić information content (AvgIpc) is 2.81. The normalized spacial score (nSPS) is 20.2. The second-order valence-corrected chi connectivity index (χ2v) is 5.51. The molecule has 1 atom stereocenters. The first-order valence-corrected chi connectivity index (χ1v) is 7.01. The van der Waals surface area contributed by atoms with E-state index in [2.05, 4.69) is 22.0 Å². The van der Waals surface area contributed by atoms with Crippen molar-refractivity contribution < 1.29 is 4.39 Å². The van der Waals surface area contributed by atoms with Crippen LogP contribution in [-0.4, -0.2) is 39.8 Å². The van der Waals surface area contributed by atoms with Crippen molar-refractivity contribution in [2.24, 2.45) is 0 Å². The summed E-state index contributed by atoms with van der Waals surface area (Å²) in [7, 11) is 2.13. The standard InChI is InChI=1S/C15H19FN4/c1-11-17-15(12-5-4-8-19(2)10-12)20(18-11)14-7-3-6-13(16)9-14/h3,6-7,9,12H,4-5,8,10H2,1-2H3/t12-/m0/s1. The zero-order valence-corrected chi connectivity index (χ0v) is 11.9. The summed E-state index contributed by atoms with van der Waals surface area (Å²) in [6.45, 7) is 3.99. The molecule has 2 aromatic rings. The maximum atomic E-state index is 13.4. The van der Waals surface area contributed by atoms with Gasteiger partial charge in [0.25, 0.3) is 0 Å². The van der Waals surface area contributed by atoms with Gasteiger partial charge in [-0.1, -0.05) is 6.07 Å². The van der Waals surface area contributed by atoms with Gasteiger partial charge in [0, 0.05) is 12.5 Å². The van der Waals surface area contributed by atoms with Gasteiger partial charge in [0.1, 0.15) is 17.5 Å². The Bertz CT molecular complexity index is 608. The maximum Gasteiger partial charge on any atom is 0.148 e. The highest BCUT2D eigenvalue weighted by Crippen LogP contribution is 2.26. The third kappa shape index (κ3) is 2.58. The van der Waals surface area contributed by atoms with E-state index in [1.807, 2.05) is 13.0 Å². The van der Waals surface area contributed by atoms with Crippen molar-refractivity contribution in [2.75, 3.05) is 20.1 Å². The molecule has 1 aromatic carbocycles. The molecule has 1 aliphatic heterocycles. The molecule has 1 aromatic heterocycles. The molecule has 0 radical (unpaired) electrons. The third-order valence-corrected chi connectivity index (χ3v) is 3.78. The van der Waals surface area contributed by atoms with E-state index in [4.69, 9.17) is 0 Å². The van der Waals surface area contributed by atoms with E-state index >= 15 is 0 Å². The molecule has 0 aliphatic carbocycles. The Hall–Kier alpha value is -1.75. The molecule has 1 aliphatic rings. The number of rotatable bonds is 2. The molecule has 0 saturated carbocycles. The zero-order valence-electron chi connectivity index (χ0n) is 11.9. The quantitative estimate of drug-likeness (QED) is 0.844. The lowest BCUT2D eigenvalue weighted by Gasteiger charge is -2.29. The second-order valence-electron chi connectivity index (χ2n) is 5.51. The molecule has 106 valence electrons. The van der Waals surface area contributed by atoms with Gasteiger partial charge in [0.15, 0.2) is 0 Å². The highest BCUT2D eigenvalue weighted by molar-refractivity contribution is 5.32. The van der Waals surface area contributed by atoms with Gasteiger partial charge in [-0.05, 0) is 51.6 Å². The number of aromatic nitrogens is 3.